The van der Waals surface area contributed by atoms with Gasteiger partial charge in [0.25, 0.3) is 0 Å². The molecule has 2 unspecified atom stereocenters. The van der Waals surface area contributed by atoms with E-state index in [0.29, 0.717) is 6.10 Å². The molecule has 0 bridgehead atoms. The van der Waals surface area contributed by atoms with Gasteiger partial charge < -0.3 is 15.0 Å². The molecule has 118 valence electrons. The minimum absolute atomic E-state index is 0.124. The van der Waals surface area contributed by atoms with Crippen LogP contribution in [0.5, 0.6) is 0 Å². The van der Waals surface area contributed by atoms with Crippen LogP contribution in [-0.2, 0) is 10.2 Å². The molecule has 0 aromatic heterocycles. The van der Waals surface area contributed by atoms with E-state index >= 15 is 0 Å². The van der Waals surface area contributed by atoms with Crippen LogP contribution in [0.2, 0.25) is 0 Å². The molecule has 1 heterocycles. The molecule has 0 amide bonds. The largest absolute Gasteiger partial charge is 0.377 e. The molecule has 3 nitrogen and oxygen atoms in total. The van der Waals surface area contributed by atoms with E-state index in [-0.39, 0.29) is 5.41 Å². The standard InChI is InChI=1S/C18H30N2O/c1-18(14-19-2,16-9-5-4-6-10-16)15-20(3)13-17-11-7-8-12-21-17/h4-6,9-10,17,19H,7-8,11-15H2,1-3H3. The van der Waals surface area contributed by atoms with Crippen LogP contribution in [0.15, 0.2) is 30.3 Å². The Morgan fingerprint density at radius 1 is 1.29 bits per heavy atom. The summed E-state index contributed by atoms with van der Waals surface area (Å²) in [7, 11) is 4.25. The van der Waals surface area contributed by atoms with Crippen molar-refractivity contribution >= 4 is 0 Å². The van der Waals surface area contributed by atoms with Crippen molar-refractivity contribution in [2.75, 3.05) is 40.3 Å². The molecule has 0 spiro atoms. The lowest BCUT2D eigenvalue weighted by Gasteiger charge is -2.36. The van der Waals surface area contributed by atoms with Crippen LogP contribution in [0.3, 0.4) is 0 Å². The first-order valence-corrected chi connectivity index (χ1v) is 8.14. The molecular weight excluding hydrogens is 260 g/mol. The fourth-order valence-electron chi connectivity index (χ4n) is 3.44. The van der Waals surface area contributed by atoms with Crippen LogP contribution >= 0.6 is 0 Å². The third kappa shape index (κ3) is 4.80. The van der Waals surface area contributed by atoms with Crippen LogP contribution in [-0.4, -0.2) is 51.3 Å². The Bertz CT molecular complexity index is 403. The molecule has 1 N–H and O–H groups in total. The summed E-state index contributed by atoms with van der Waals surface area (Å²) in [4.78, 5) is 2.43. The van der Waals surface area contributed by atoms with E-state index in [1.165, 1.54) is 24.8 Å². The SMILES string of the molecule is CNCC(C)(CN(C)CC1CCCCO1)c1ccccc1. The van der Waals surface area contributed by atoms with Crippen molar-refractivity contribution in [3.63, 3.8) is 0 Å². The van der Waals surface area contributed by atoms with E-state index in [4.69, 9.17) is 4.74 Å². The molecular formula is C18H30N2O. The zero-order chi connectivity index (χ0) is 15.1. The van der Waals surface area contributed by atoms with Gasteiger partial charge in [-0.05, 0) is 38.9 Å². The number of nitrogens with zero attached hydrogens (tertiary/aromatic N) is 1. The van der Waals surface area contributed by atoms with Crippen LogP contribution in [0.4, 0.5) is 0 Å². The van der Waals surface area contributed by atoms with Crippen molar-refractivity contribution in [1.82, 2.24) is 10.2 Å². The molecule has 1 saturated heterocycles. The molecule has 1 aliphatic heterocycles. The maximum atomic E-state index is 5.87. The third-order valence-electron chi connectivity index (χ3n) is 4.45. The van der Waals surface area contributed by atoms with Crippen molar-refractivity contribution in [1.29, 1.82) is 0 Å². The van der Waals surface area contributed by atoms with Gasteiger partial charge in [-0.25, -0.2) is 0 Å². The molecule has 3 heteroatoms. The monoisotopic (exact) mass is 290 g/mol. The average molecular weight is 290 g/mol. The Balaban J connectivity index is 1.98. The Hall–Kier alpha value is -0.900. The van der Waals surface area contributed by atoms with Gasteiger partial charge in [0.1, 0.15) is 0 Å². The van der Waals surface area contributed by atoms with Crippen molar-refractivity contribution in [2.24, 2.45) is 0 Å². The number of hydrogen-bond donors (Lipinski definition) is 1. The lowest BCUT2D eigenvalue weighted by atomic mass is 9.81. The van der Waals surface area contributed by atoms with Gasteiger partial charge in [0, 0.05) is 31.7 Å². The normalized spacial score (nSPS) is 22.2. The second kappa shape index (κ2) is 7.92. The smallest absolute Gasteiger partial charge is 0.0701 e. The lowest BCUT2D eigenvalue weighted by Crippen LogP contribution is -2.46. The topological polar surface area (TPSA) is 24.5 Å². The van der Waals surface area contributed by atoms with Gasteiger partial charge in [-0.2, -0.15) is 0 Å². The molecule has 2 rings (SSSR count). The average Bonchev–Trinajstić information content (AvgIpc) is 2.49. The summed E-state index contributed by atoms with van der Waals surface area (Å²) in [6.07, 6.45) is 4.16. The summed E-state index contributed by atoms with van der Waals surface area (Å²) < 4.78 is 5.87. The second-order valence-corrected chi connectivity index (χ2v) is 6.64. The zero-order valence-electron chi connectivity index (χ0n) is 13.8. The van der Waals surface area contributed by atoms with E-state index in [1.807, 2.05) is 7.05 Å². The van der Waals surface area contributed by atoms with Crippen LogP contribution in [0, 0.1) is 0 Å². The summed E-state index contributed by atoms with van der Waals surface area (Å²) in [5, 5.41) is 3.36. The molecule has 2 atom stereocenters. The van der Waals surface area contributed by atoms with Gasteiger partial charge >= 0.3 is 0 Å². The Kier molecular flexibility index (Phi) is 6.22. The second-order valence-electron chi connectivity index (χ2n) is 6.64. The number of hydrogen-bond acceptors (Lipinski definition) is 3. The highest BCUT2D eigenvalue weighted by atomic mass is 16.5. The van der Waals surface area contributed by atoms with Crippen LogP contribution < -0.4 is 5.32 Å². The van der Waals surface area contributed by atoms with Gasteiger partial charge in [0.2, 0.25) is 0 Å². The van der Waals surface area contributed by atoms with E-state index in [0.717, 1.165) is 26.2 Å². The summed E-state index contributed by atoms with van der Waals surface area (Å²) in [6, 6.07) is 10.8. The minimum atomic E-state index is 0.124. The van der Waals surface area contributed by atoms with Crippen molar-refractivity contribution in [3.05, 3.63) is 35.9 Å². The van der Waals surface area contributed by atoms with E-state index in [2.05, 4.69) is 54.5 Å². The van der Waals surface area contributed by atoms with E-state index in [9.17, 15) is 0 Å². The summed E-state index contributed by atoms with van der Waals surface area (Å²) in [5.74, 6) is 0. The number of rotatable bonds is 7. The predicted molar refractivity (Wildman–Crippen MR) is 88.8 cm³/mol. The first kappa shape index (κ1) is 16.5. The summed E-state index contributed by atoms with van der Waals surface area (Å²) in [6.45, 7) is 6.33. The lowest BCUT2D eigenvalue weighted by molar-refractivity contribution is -0.00413. The molecule has 21 heavy (non-hydrogen) atoms. The Morgan fingerprint density at radius 2 is 2.05 bits per heavy atom. The van der Waals surface area contributed by atoms with Crippen molar-refractivity contribution < 1.29 is 4.74 Å². The van der Waals surface area contributed by atoms with Crippen molar-refractivity contribution in [3.8, 4) is 0 Å². The van der Waals surface area contributed by atoms with Crippen LogP contribution in [0.25, 0.3) is 0 Å². The summed E-state index contributed by atoms with van der Waals surface area (Å²) in [5.41, 5.74) is 1.52. The first-order valence-electron chi connectivity index (χ1n) is 8.14. The zero-order valence-corrected chi connectivity index (χ0v) is 13.8. The molecule has 1 aromatic rings. The predicted octanol–water partition coefficient (Wildman–Crippen LogP) is 2.66. The van der Waals surface area contributed by atoms with Crippen molar-refractivity contribution in [2.45, 2.75) is 37.7 Å². The highest BCUT2D eigenvalue weighted by molar-refractivity contribution is 5.25. The van der Waals surface area contributed by atoms with Gasteiger partial charge in [0.15, 0.2) is 0 Å². The highest BCUT2D eigenvalue weighted by Gasteiger charge is 2.28. The molecule has 0 radical (unpaired) electrons. The minimum Gasteiger partial charge on any atom is -0.377 e. The number of likely N-dealkylation sites (N-methyl/N-ethyl adjacent to an activating group) is 2. The number of ether oxygens (including phenoxy) is 1. The maximum Gasteiger partial charge on any atom is 0.0701 e. The third-order valence-corrected chi connectivity index (χ3v) is 4.45. The fraction of sp³-hybridized carbons (Fsp3) is 0.667. The quantitative estimate of drug-likeness (QED) is 0.835. The Morgan fingerprint density at radius 3 is 2.67 bits per heavy atom. The van der Waals surface area contributed by atoms with E-state index < -0.39 is 0 Å². The highest BCUT2D eigenvalue weighted by Crippen LogP contribution is 2.24. The van der Waals surface area contributed by atoms with Gasteiger partial charge in [-0.3, -0.25) is 0 Å². The summed E-state index contributed by atoms with van der Waals surface area (Å²) >= 11 is 0. The number of benzene rings is 1. The molecule has 0 saturated carbocycles. The van der Waals surface area contributed by atoms with Gasteiger partial charge in [0.05, 0.1) is 6.10 Å². The molecule has 0 aliphatic carbocycles. The van der Waals surface area contributed by atoms with Gasteiger partial charge in [-0.15, -0.1) is 0 Å². The Labute approximate surface area is 129 Å². The first-order chi connectivity index (χ1) is 10.1. The number of nitrogens with one attached hydrogen (secondary N) is 1. The maximum absolute atomic E-state index is 5.87. The fourth-order valence-corrected chi connectivity index (χ4v) is 3.44. The molecule has 1 aromatic carbocycles. The van der Waals surface area contributed by atoms with Crippen LogP contribution in [0.1, 0.15) is 31.7 Å². The molecule has 1 fully saturated rings. The van der Waals surface area contributed by atoms with E-state index in [1.54, 1.807) is 0 Å². The molecule has 1 aliphatic rings. The van der Waals surface area contributed by atoms with Gasteiger partial charge in [-0.1, -0.05) is 37.3 Å².